The second-order valence-electron chi connectivity index (χ2n) is 6.08. The molecule has 1 aromatic carbocycles. The topological polar surface area (TPSA) is 49.9 Å². The molecule has 0 aromatic heterocycles. The van der Waals surface area contributed by atoms with Crippen LogP contribution in [0.5, 0.6) is 0 Å². The molecule has 130 valence electrons. The van der Waals surface area contributed by atoms with E-state index >= 15 is 0 Å². The molecule has 0 saturated carbocycles. The van der Waals surface area contributed by atoms with E-state index in [-0.39, 0.29) is 11.5 Å². The lowest BCUT2D eigenvalue weighted by Gasteiger charge is -2.38. The predicted molar refractivity (Wildman–Crippen MR) is 82.4 cm³/mol. The molecule has 1 aromatic rings. The fourth-order valence-electron chi connectivity index (χ4n) is 3.22. The summed E-state index contributed by atoms with van der Waals surface area (Å²) in [5, 5.41) is 0. The first kappa shape index (κ1) is 16.8. The summed E-state index contributed by atoms with van der Waals surface area (Å²) in [5.74, 6) is -2.57. The standard InChI is InChI=1S/C17H20F2N2O3/c18-13-5-4-12(11-14(13)19)16(22)21-6-2-1-3-15(21)17(23)20-7-9-24-10-8-20/h4-5,11,15H,1-3,6-10H2. The van der Waals surface area contributed by atoms with Crippen LogP contribution >= 0.6 is 0 Å². The van der Waals surface area contributed by atoms with E-state index < -0.39 is 23.6 Å². The smallest absolute Gasteiger partial charge is 0.254 e. The number of carbonyl (C=O) groups excluding carboxylic acids is 2. The first-order valence-corrected chi connectivity index (χ1v) is 8.20. The van der Waals surface area contributed by atoms with Gasteiger partial charge in [-0.1, -0.05) is 0 Å². The van der Waals surface area contributed by atoms with Crippen molar-refractivity contribution in [3.05, 3.63) is 35.4 Å². The Hall–Kier alpha value is -2.02. The summed E-state index contributed by atoms with van der Waals surface area (Å²) in [6.45, 7) is 2.47. The Balaban J connectivity index is 1.79. The van der Waals surface area contributed by atoms with E-state index in [9.17, 15) is 18.4 Å². The molecule has 5 nitrogen and oxygen atoms in total. The highest BCUT2D eigenvalue weighted by molar-refractivity contribution is 5.97. The summed E-state index contributed by atoms with van der Waals surface area (Å²) in [6, 6.07) is 2.54. The van der Waals surface area contributed by atoms with Gasteiger partial charge in [0.15, 0.2) is 11.6 Å². The minimum Gasteiger partial charge on any atom is -0.378 e. The SMILES string of the molecule is O=C(C1CCCCN1C(=O)c1ccc(F)c(F)c1)N1CCOCC1. The van der Waals surface area contributed by atoms with Crippen molar-refractivity contribution < 1.29 is 23.1 Å². The van der Waals surface area contributed by atoms with Crippen molar-refractivity contribution in [2.45, 2.75) is 25.3 Å². The zero-order chi connectivity index (χ0) is 17.1. The number of halogens is 2. The van der Waals surface area contributed by atoms with Crippen molar-refractivity contribution in [3.63, 3.8) is 0 Å². The zero-order valence-corrected chi connectivity index (χ0v) is 13.3. The van der Waals surface area contributed by atoms with E-state index in [4.69, 9.17) is 4.74 Å². The van der Waals surface area contributed by atoms with Crippen LogP contribution in [0.1, 0.15) is 29.6 Å². The molecule has 2 heterocycles. The average Bonchev–Trinajstić information content (AvgIpc) is 2.63. The van der Waals surface area contributed by atoms with Crippen LogP contribution in [0.25, 0.3) is 0 Å². The molecular formula is C17H20F2N2O3. The summed E-state index contributed by atoms with van der Waals surface area (Å²) in [5.41, 5.74) is 0.0653. The summed E-state index contributed by atoms with van der Waals surface area (Å²) >= 11 is 0. The number of benzene rings is 1. The molecule has 3 rings (SSSR count). The van der Waals surface area contributed by atoms with Crippen LogP contribution in [0.4, 0.5) is 8.78 Å². The van der Waals surface area contributed by atoms with Crippen LogP contribution in [-0.2, 0) is 9.53 Å². The molecule has 2 aliphatic rings. The largest absolute Gasteiger partial charge is 0.378 e. The minimum absolute atomic E-state index is 0.0653. The van der Waals surface area contributed by atoms with Crippen molar-refractivity contribution in [1.82, 2.24) is 9.80 Å². The van der Waals surface area contributed by atoms with Gasteiger partial charge in [0.25, 0.3) is 5.91 Å². The number of nitrogens with zero attached hydrogens (tertiary/aromatic N) is 2. The molecule has 1 unspecified atom stereocenters. The summed E-state index contributed by atoms with van der Waals surface area (Å²) in [6.07, 6.45) is 2.25. The normalized spacial score (nSPS) is 21.7. The van der Waals surface area contributed by atoms with Crippen molar-refractivity contribution in [2.24, 2.45) is 0 Å². The Labute approximate surface area is 139 Å². The van der Waals surface area contributed by atoms with Crippen LogP contribution in [0.15, 0.2) is 18.2 Å². The number of morpholine rings is 1. The van der Waals surface area contributed by atoms with Crippen LogP contribution in [0.2, 0.25) is 0 Å². The van der Waals surface area contributed by atoms with Crippen molar-refractivity contribution >= 4 is 11.8 Å². The fourth-order valence-corrected chi connectivity index (χ4v) is 3.22. The Kier molecular flexibility index (Phi) is 5.08. The molecule has 1 atom stereocenters. The highest BCUT2D eigenvalue weighted by Gasteiger charge is 2.35. The van der Waals surface area contributed by atoms with E-state index in [0.29, 0.717) is 39.3 Å². The summed E-state index contributed by atoms with van der Waals surface area (Å²) in [4.78, 5) is 28.7. The van der Waals surface area contributed by atoms with Crippen LogP contribution < -0.4 is 0 Å². The molecular weight excluding hydrogens is 318 g/mol. The van der Waals surface area contributed by atoms with Gasteiger partial charge >= 0.3 is 0 Å². The molecule has 2 fully saturated rings. The molecule has 0 bridgehead atoms. The third-order valence-corrected chi connectivity index (χ3v) is 4.54. The molecule has 7 heteroatoms. The fraction of sp³-hybridized carbons (Fsp3) is 0.529. The highest BCUT2D eigenvalue weighted by Crippen LogP contribution is 2.22. The van der Waals surface area contributed by atoms with Crippen LogP contribution in [0, 0.1) is 11.6 Å². The second-order valence-corrected chi connectivity index (χ2v) is 6.08. The Morgan fingerprint density at radius 1 is 1.04 bits per heavy atom. The van der Waals surface area contributed by atoms with Crippen LogP contribution in [0.3, 0.4) is 0 Å². The monoisotopic (exact) mass is 338 g/mol. The van der Waals surface area contributed by atoms with Gasteiger partial charge in [0.1, 0.15) is 6.04 Å². The number of rotatable bonds is 2. The quantitative estimate of drug-likeness (QED) is 0.826. The maximum Gasteiger partial charge on any atom is 0.254 e. The van der Waals surface area contributed by atoms with Crippen molar-refractivity contribution in [3.8, 4) is 0 Å². The molecule has 0 spiro atoms. The minimum atomic E-state index is -1.06. The maximum atomic E-state index is 13.4. The highest BCUT2D eigenvalue weighted by atomic mass is 19.2. The van der Waals surface area contributed by atoms with Gasteiger partial charge in [0.05, 0.1) is 13.2 Å². The molecule has 0 aliphatic carbocycles. The summed E-state index contributed by atoms with van der Waals surface area (Å²) < 4.78 is 31.8. The number of ether oxygens (including phenoxy) is 1. The maximum absolute atomic E-state index is 13.4. The van der Waals surface area contributed by atoms with Crippen molar-refractivity contribution in [2.75, 3.05) is 32.8 Å². The lowest BCUT2D eigenvalue weighted by molar-refractivity contribution is -0.141. The number of piperidine rings is 1. The van der Waals surface area contributed by atoms with Gasteiger partial charge in [0, 0.05) is 25.2 Å². The number of hydrogen-bond donors (Lipinski definition) is 0. The molecule has 0 radical (unpaired) electrons. The predicted octanol–water partition coefficient (Wildman–Crippen LogP) is 1.82. The molecule has 2 amide bonds. The first-order valence-electron chi connectivity index (χ1n) is 8.20. The summed E-state index contributed by atoms with van der Waals surface area (Å²) in [7, 11) is 0. The Bertz CT molecular complexity index is 632. The lowest BCUT2D eigenvalue weighted by Crippen LogP contribution is -2.55. The van der Waals surface area contributed by atoms with E-state index in [1.165, 1.54) is 11.0 Å². The number of hydrogen-bond acceptors (Lipinski definition) is 3. The number of amides is 2. The molecule has 2 saturated heterocycles. The van der Waals surface area contributed by atoms with Gasteiger partial charge in [0.2, 0.25) is 5.91 Å². The number of carbonyl (C=O) groups is 2. The Morgan fingerprint density at radius 3 is 2.50 bits per heavy atom. The van der Waals surface area contributed by atoms with Gasteiger partial charge in [-0.2, -0.15) is 0 Å². The molecule has 2 aliphatic heterocycles. The van der Waals surface area contributed by atoms with E-state index in [1.807, 2.05) is 0 Å². The zero-order valence-electron chi connectivity index (χ0n) is 13.3. The Morgan fingerprint density at radius 2 is 1.79 bits per heavy atom. The third kappa shape index (κ3) is 3.40. The van der Waals surface area contributed by atoms with Gasteiger partial charge in [-0.25, -0.2) is 8.78 Å². The third-order valence-electron chi connectivity index (χ3n) is 4.54. The van der Waals surface area contributed by atoms with Gasteiger partial charge in [-0.05, 0) is 37.5 Å². The van der Waals surface area contributed by atoms with Gasteiger partial charge in [-0.3, -0.25) is 9.59 Å². The lowest BCUT2D eigenvalue weighted by atomic mass is 9.99. The second kappa shape index (κ2) is 7.25. The first-order chi connectivity index (χ1) is 11.6. The molecule has 24 heavy (non-hydrogen) atoms. The van der Waals surface area contributed by atoms with E-state index in [2.05, 4.69) is 0 Å². The van der Waals surface area contributed by atoms with E-state index in [1.54, 1.807) is 4.90 Å². The van der Waals surface area contributed by atoms with Gasteiger partial charge in [-0.15, -0.1) is 0 Å². The average molecular weight is 338 g/mol. The number of likely N-dealkylation sites (tertiary alicyclic amines) is 1. The van der Waals surface area contributed by atoms with E-state index in [0.717, 1.165) is 25.0 Å². The van der Waals surface area contributed by atoms with Crippen molar-refractivity contribution in [1.29, 1.82) is 0 Å². The van der Waals surface area contributed by atoms with Gasteiger partial charge < -0.3 is 14.5 Å². The molecule has 0 N–H and O–H groups in total. The van der Waals surface area contributed by atoms with Crippen LogP contribution in [-0.4, -0.2) is 60.5 Å².